The van der Waals surface area contributed by atoms with Gasteiger partial charge in [-0.1, -0.05) is 6.92 Å². The fourth-order valence-corrected chi connectivity index (χ4v) is 2.23. The van der Waals surface area contributed by atoms with Gasteiger partial charge in [-0.2, -0.15) is 0 Å². The first kappa shape index (κ1) is 14.7. The van der Waals surface area contributed by atoms with Crippen LogP contribution in [0, 0.1) is 0 Å². The molecule has 1 aliphatic rings. The zero-order valence-electron chi connectivity index (χ0n) is 12.5. The van der Waals surface area contributed by atoms with Crippen molar-refractivity contribution in [1.82, 2.24) is 19.8 Å². The third-order valence-corrected chi connectivity index (χ3v) is 3.40. The molecule has 1 aromatic heterocycles. The number of carbonyl (C=O) groups is 1. The van der Waals surface area contributed by atoms with Crippen LogP contribution in [0.15, 0.2) is 12.3 Å². The molecule has 20 heavy (non-hydrogen) atoms. The van der Waals surface area contributed by atoms with Crippen LogP contribution >= 0.6 is 0 Å². The van der Waals surface area contributed by atoms with Crippen LogP contribution in [-0.4, -0.2) is 64.4 Å². The average Bonchev–Trinajstić information content (AvgIpc) is 2.46. The summed E-state index contributed by atoms with van der Waals surface area (Å²) in [6, 6.07) is 1.92. The Morgan fingerprint density at radius 3 is 2.65 bits per heavy atom. The van der Waals surface area contributed by atoms with E-state index >= 15 is 0 Å². The van der Waals surface area contributed by atoms with Gasteiger partial charge in [-0.25, -0.2) is 9.97 Å². The maximum atomic E-state index is 12.4. The molecule has 0 bridgehead atoms. The number of rotatable bonds is 4. The lowest BCUT2D eigenvalue weighted by Gasteiger charge is -2.33. The Morgan fingerprint density at radius 2 is 2.05 bits per heavy atom. The molecule has 110 valence electrons. The minimum absolute atomic E-state index is 0.00467. The van der Waals surface area contributed by atoms with Crippen molar-refractivity contribution in [2.75, 3.05) is 38.0 Å². The van der Waals surface area contributed by atoms with Crippen LogP contribution in [0.3, 0.4) is 0 Å². The van der Waals surface area contributed by atoms with Crippen molar-refractivity contribution in [2.24, 2.45) is 0 Å². The highest BCUT2D eigenvalue weighted by Gasteiger charge is 2.22. The number of amides is 1. The first-order chi connectivity index (χ1) is 9.60. The molecule has 6 heteroatoms. The maximum Gasteiger partial charge on any atom is 0.272 e. The third kappa shape index (κ3) is 3.66. The summed E-state index contributed by atoms with van der Waals surface area (Å²) >= 11 is 0. The number of aromatic nitrogens is 2. The maximum absolute atomic E-state index is 12.4. The Morgan fingerprint density at radius 1 is 1.35 bits per heavy atom. The Balaban J connectivity index is 2.02. The van der Waals surface area contributed by atoms with E-state index in [4.69, 9.17) is 0 Å². The van der Waals surface area contributed by atoms with Gasteiger partial charge in [0.05, 0.1) is 0 Å². The van der Waals surface area contributed by atoms with Crippen molar-refractivity contribution in [3.63, 3.8) is 0 Å². The van der Waals surface area contributed by atoms with Gasteiger partial charge in [0.2, 0.25) is 5.95 Å². The van der Waals surface area contributed by atoms with Crippen molar-refractivity contribution < 1.29 is 4.79 Å². The van der Waals surface area contributed by atoms with Gasteiger partial charge in [0.25, 0.3) is 5.91 Å². The van der Waals surface area contributed by atoms with E-state index in [0.717, 1.165) is 32.7 Å². The average molecular weight is 277 g/mol. The molecule has 0 aromatic carbocycles. The predicted octanol–water partition coefficient (Wildman–Crippen LogP) is 1.07. The first-order valence-electron chi connectivity index (χ1n) is 7.21. The summed E-state index contributed by atoms with van der Waals surface area (Å²) in [5, 5.41) is 3.12. The molecule has 0 unspecified atom stereocenters. The molecule has 1 aliphatic heterocycles. The normalized spacial score (nSPS) is 16.5. The molecule has 0 atom stereocenters. The van der Waals surface area contributed by atoms with E-state index in [2.05, 4.69) is 27.1 Å². The SMILES string of the molecule is CCN1CCN(C(=O)c2ccnc(NC(C)C)n2)CC1. The number of hydrogen-bond donors (Lipinski definition) is 1. The van der Waals surface area contributed by atoms with Crippen LogP contribution in [-0.2, 0) is 0 Å². The highest BCUT2D eigenvalue weighted by Crippen LogP contribution is 2.09. The van der Waals surface area contributed by atoms with Crippen molar-refractivity contribution in [3.05, 3.63) is 18.0 Å². The Kier molecular flexibility index (Phi) is 4.89. The second kappa shape index (κ2) is 6.65. The van der Waals surface area contributed by atoms with Crippen LogP contribution < -0.4 is 5.32 Å². The van der Waals surface area contributed by atoms with E-state index in [0.29, 0.717) is 11.6 Å². The number of hydrogen-bond acceptors (Lipinski definition) is 5. The van der Waals surface area contributed by atoms with Crippen LogP contribution in [0.25, 0.3) is 0 Å². The fourth-order valence-electron chi connectivity index (χ4n) is 2.23. The van der Waals surface area contributed by atoms with E-state index in [1.165, 1.54) is 0 Å². The summed E-state index contributed by atoms with van der Waals surface area (Å²) in [5.74, 6) is 0.507. The van der Waals surface area contributed by atoms with E-state index < -0.39 is 0 Å². The summed E-state index contributed by atoms with van der Waals surface area (Å²) in [4.78, 5) is 25.1. The lowest BCUT2D eigenvalue weighted by atomic mass is 10.2. The van der Waals surface area contributed by atoms with Gasteiger partial charge >= 0.3 is 0 Å². The highest BCUT2D eigenvalue weighted by molar-refractivity contribution is 5.92. The van der Waals surface area contributed by atoms with Gasteiger partial charge in [0.1, 0.15) is 5.69 Å². The summed E-state index contributed by atoms with van der Waals surface area (Å²) in [7, 11) is 0. The smallest absolute Gasteiger partial charge is 0.272 e. The molecule has 0 aliphatic carbocycles. The second-order valence-corrected chi connectivity index (χ2v) is 5.29. The van der Waals surface area contributed by atoms with Gasteiger partial charge in [-0.3, -0.25) is 4.79 Å². The summed E-state index contributed by atoms with van der Waals surface area (Å²) in [6.45, 7) is 10.6. The zero-order valence-corrected chi connectivity index (χ0v) is 12.5. The molecule has 1 aromatic rings. The van der Waals surface area contributed by atoms with Crippen molar-refractivity contribution in [2.45, 2.75) is 26.8 Å². The quantitative estimate of drug-likeness (QED) is 0.892. The molecular weight excluding hydrogens is 254 g/mol. The topological polar surface area (TPSA) is 61.4 Å². The summed E-state index contributed by atoms with van der Waals surface area (Å²) in [5.41, 5.74) is 0.466. The van der Waals surface area contributed by atoms with E-state index in [9.17, 15) is 4.79 Å². The van der Waals surface area contributed by atoms with Gasteiger partial charge in [0, 0.05) is 38.4 Å². The zero-order chi connectivity index (χ0) is 14.5. The molecule has 0 spiro atoms. The number of carbonyl (C=O) groups excluding carboxylic acids is 1. The molecule has 6 nitrogen and oxygen atoms in total. The molecule has 1 fully saturated rings. The molecule has 0 saturated carbocycles. The molecule has 0 radical (unpaired) electrons. The summed E-state index contributed by atoms with van der Waals surface area (Å²) in [6.07, 6.45) is 1.63. The van der Waals surface area contributed by atoms with Crippen molar-refractivity contribution >= 4 is 11.9 Å². The van der Waals surface area contributed by atoms with Crippen LogP contribution in [0.1, 0.15) is 31.3 Å². The standard InChI is InChI=1S/C14H23N5O/c1-4-18-7-9-19(10-8-18)13(20)12-5-6-15-14(17-12)16-11(2)3/h5-6,11H,4,7-10H2,1-3H3,(H,15,16,17). The van der Waals surface area contributed by atoms with Crippen molar-refractivity contribution in [3.8, 4) is 0 Å². The van der Waals surface area contributed by atoms with Crippen LogP contribution in [0.5, 0.6) is 0 Å². The minimum Gasteiger partial charge on any atom is -0.352 e. The van der Waals surface area contributed by atoms with Gasteiger partial charge in [-0.05, 0) is 26.5 Å². The number of piperazine rings is 1. The lowest BCUT2D eigenvalue weighted by molar-refractivity contribution is 0.0637. The number of anilines is 1. The van der Waals surface area contributed by atoms with Gasteiger partial charge in [-0.15, -0.1) is 0 Å². The van der Waals surface area contributed by atoms with Crippen LogP contribution in [0.2, 0.25) is 0 Å². The monoisotopic (exact) mass is 277 g/mol. The largest absolute Gasteiger partial charge is 0.352 e. The lowest BCUT2D eigenvalue weighted by Crippen LogP contribution is -2.48. The molecule has 1 saturated heterocycles. The third-order valence-electron chi connectivity index (χ3n) is 3.40. The predicted molar refractivity (Wildman–Crippen MR) is 78.8 cm³/mol. The second-order valence-electron chi connectivity index (χ2n) is 5.29. The fraction of sp³-hybridized carbons (Fsp3) is 0.643. The highest BCUT2D eigenvalue weighted by atomic mass is 16.2. The van der Waals surface area contributed by atoms with E-state index in [-0.39, 0.29) is 11.9 Å². The molecular formula is C14H23N5O. The molecule has 1 N–H and O–H groups in total. The molecule has 2 heterocycles. The first-order valence-corrected chi connectivity index (χ1v) is 7.21. The Bertz CT molecular complexity index is 455. The van der Waals surface area contributed by atoms with Crippen molar-refractivity contribution in [1.29, 1.82) is 0 Å². The number of likely N-dealkylation sites (N-methyl/N-ethyl adjacent to an activating group) is 1. The Labute approximate surface area is 120 Å². The van der Waals surface area contributed by atoms with Gasteiger partial charge < -0.3 is 15.1 Å². The molecule has 2 rings (SSSR count). The van der Waals surface area contributed by atoms with E-state index in [1.807, 2.05) is 18.7 Å². The Hall–Kier alpha value is -1.69. The number of nitrogens with one attached hydrogen (secondary N) is 1. The van der Waals surface area contributed by atoms with E-state index in [1.54, 1.807) is 12.3 Å². The molecule has 1 amide bonds. The van der Waals surface area contributed by atoms with Gasteiger partial charge in [0.15, 0.2) is 0 Å². The summed E-state index contributed by atoms with van der Waals surface area (Å²) < 4.78 is 0. The number of nitrogens with zero attached hydrogens (tertiary/aromatic N) is 4. The minimum atomic E-state index is -0.00467. The van der Waals surface area contributed by atoms with Crippen LogP contribution in [0.4, 0.5) is 5.95 Å².